The Morgan fingerprint density at radius 3 is 2.48 bits per heavy atom. The molecule has 0 spiro atoms. The normalized spacial score (nSPS) is 16.7. The van der Waals surface area contributed by atoms with Gasteiger partial charge in [0.2, 0.25) is 5.91 Å². The molecule has 3 rings (SSSR count). The Bertz CT molecular complexity index is 710. The Labute approximate surface area is 159 Å². The fourth-order valence-electron chi connectivity index (χ4n) is 2.87. The fraction of sp³-hybridized carbons (Fsp3) is 0.381. The standard InChI is InChI=1S/C21H26N2O4/c1-25-12-10-16-2-6-19(7-3-16)27-20-8-4-17(5-9-20)23-21(24)14-18-15-26-13-11-22-18/h2-9,18,22H,10-15H2,1H3,(H,23,24). The van der Waals surface area contributed by atoms with E-state index in [0.717, 1.165) is 30.2 Å². The van der Waals surface area contributed by atoms with Crippen LogP contribution in [0.4, 0.5) is 5.69 Å². The van der Waals surface area contributed by atoms with Crippen molar-refractivity contribution in [2.75, 3.05) is 38.8 Å². The van der Waals surface area contributed by atoms with E-state index in [0.29, 0.717) is 26.2 Å². The van der Waals surface area contributed by atoms with Crippen LogP contribution >= 0.6 is 0 Å². The monoisotopic (exact) mass is 370 g/mol. The molecule has 1 fully saturated rings. The molecule has 1 atom stereocenters. The molecule has 0 bridgehead atoms. The molecule has 0 aromatic heterocycles. The summed E-state index contributed by atoms with van der Waals surface area (Å²) in [6.07, 6.45) is 1.28. The van der Waals surface area contributed by atoms with E-state index in [1.807, 2.05) is 48.5 Å². The van der Waals surface area contributed by atoms with Crippen molar-refractivity contribution >= 4 is 11.6 Å². The van der Waals surface area contributed by atoms with Gasteiger partial charge >= 0.3 is 0 Å². The van der Waals surface area contributed by atoms with Gasteiger partial charge in [-0.1, -0.05) is 12.1 Å². The molecule has 1 heterocycles. The van der Waals surface area contributed by atoms with E-state index < -0.39 is 0 Å². The van der Waals surface area contributed by atoms with E-state index >= 15 is 0 Å². The zero-order chi connectivity index (χ0) is 18.9. The van der Waals surface area contributed by atoms with Gasteiger partial charge in [0, 0.05) is 31.8 Å². The first kappa shape index (κ1) is 19.4. The number of anilines is 1. The van der Waals surface area contributed by atoms with Crippen LogP contribution in [0.25, 0.3) is 0 Å². The molecule has 2 aromatic carbocycles. The first-order valence-corrected chi connectivity index (χ1v) is 9.20. The van der Waals surface area contributed by atoms with Crippen molar-refractivity contribution in [1.82, 2.24) is 5.32 Å². The third-order valence-corrected chi connectivity index (χ3v) is 4.32. The molecular weight excluding hydrogens is 344 g/mol. The number of amides is 1. The molecule has 0 saturated carbocycles. The van der Waals surface area contributed by atoms with Gasteiger partial charge in [0.1, 0.15) is 11.5 Å². The second-order valence-corrected chi connectivity index (χ2v) is 6.49. The Kier molecular flexibility index (Phi) is 7.21. The van der Waals surface area contributed by atoms with Crippen LogP contribution in [0.5, 0.6) is 11.5 Å². The number of nitrogens with one attached hydrogen (secondary N) is 2. The highest BCUT2D eigenvalue weighted by molar-refractivity contribution is 5.91. The summed E-state index contributed by atoms with van der Waals surface area (Å²) >= 11 is 0. The molecule has 27 heavy (non-hydrogen) atoms. The van der Waals surface area contributed by atoms with Crippen molar-refractivity contribution in [3.8, 4) is 11.5 Å². The molecule has 6 nitrogen and oxygen atoms in total. The topological polar surface area (TPSA) is 68.8 Å². The second kappa shape index (κ2) is 10.1. The summed E-state index contributed by atoms with van der Waals surface area (Å²) in [7, 11) is 1.70. The summed E-state index contributed by atoms with van der Waals surface area (Å²) in [6, 6.07) is 15.4. The summed E-state index contributed by atoms with van der Waals surface area (Å²) in [6.45, 7) is 2.77. The number of methoxy groups -OCH3 is 1. The number of benzene rings is 2. The van der Waals surface area contributed by atoms with Crippen LogP contribution in [0.3, 0.4) is 0 Å². The lowest BCUT2D eigenvalue weighted by atomic mass is 10.1. The van der Waals surface area contributed by atoms with E-state index in [9.17, 15) is 4.79 Å². The predicted molar refractivity (Wildman–Crippen MR) is 104 cm³/mol. The molecule has 1 aliphatic rings. The zero-order valence-electron chi connectivity index (χ0n) is 15.6. The first-order chi connectivity index (χ1) is 13.2. The molecule has 2 N–H and O–H groups in total. The lowest BCUT2D eigenvalue weighted by Gasteiger charge is -2.23. The maximum absolute atomic E-state index is 12.1. The largest absolute Gasteiger partial charge is 0.457 e. The Balaban J connectivity index is 1.48. The molecule has 1 aliphatic heterocycles. The number of hydrogen-bond acceptors (Lipinski definition) is 5. The zero-order valence-corrected chi connectivity index (χ0v) is 15.6. The summed E-state index contributed by atoms with van der Waals surface area (Å²) in [5.41, 5.74) is 1.96. The maximum Gasteiger partial charge on any atom is 0.226 e. The van der Waals surface area contributed by atoms with E-state index in [-0.39, 0.29) is 11.9 Å². The van der Waals surface area contributed by atoms with Crippen molar-refractivity contribution in [3.63, 3.8) is 0 Å². The molecule has 0 aliphatic carbocycles. The third kappa shape index (κ3) is 6.36. The molecule has 2 aromatic rings. The number of rotatable bonds is 8. The molecule has 1 unspecified atom stereocenters. The van der Waals surface area contributed by atoms with Gasteiger partial charge in [-0.05, 0) is 48.4 Å². The molecular formula is C21H26N2O4. The highest BCUT2D eigenvalue weighted by Gasteiger charge is 2.16. The number of hydrogen-bond donors (Lipinski definition) is 2. The summed E-state index contributed by atoms with van der Waals surface area (Å²) in [5.74, 6) is 1.47. The van der Waals surface area contributed by atoms with Gasteiger partial charge in [-0.3, -0.25) is 4.79 Å². The minimum atomic E-state index is -0.0293. The third-order valence-electron chi connectivity index (χ3n) is 4.32. The van der Waals surface area contributed by atoms with E-state index in [4.69, 9.17) is 14.2 Å². The minimum absolute atomic E-state index is 0.0293. The van der Waals surface area contributed by atoms with Crippen molar-refractivity contribution in [3.05, 3.63) is 54.1 Å². The second-order valence-electron chi connectivity index (χ2n) is 6.49. The number of carbonyl (C=O) groups is 1. The first-order valence-electron chi connectivity index (χ1n) is 9.20. The molecule has 0 radical (unpaired) electrons. The van der Waals surface area contributed by atoms with Crippen LogP contribution < -0.4 is 15.4 Å². The quantitative estimate of drug-likeness (QED) is 0.748. The number of morpholine rings is 1. The number of carbonyl (C=O) groups excluding carboxylic acids is 1. The van der Waals surface area contributed by atoms with Crippen LogP contribution in [0.1, 0.15) is 12.0 Å². The van der Waals surface area contributed by atoms with Gasteiger partial charge in [-0.2, -0.15) is 0 Å². The average molecular weight is 370 g/mol. The number of ether oxygens (including phenoxy) is 3. The van der Waals surface area contributed by atoms with Crippen molar-refractivity contribution < 1.29 is 19.0 Å². The lowest BCUT2D eigenvalue weighted by Crippen LogP contribution is -2.43. The fourth-order valence-corrected chi connectivity index (χ4v) is 2.87. The van der Waals surface area contributed by atoms with Gasteiger partial charge in [0.05, 0.1) is 19.8 Å². The minimum Gasteiger partial charge on any atom is -0.457 e. The van der Waals surface area contributed by atoms with E-state index in [1.165, 1.54) is 5.56 Å². The predicted octanol–water partition coefficient (Wildman–Crippen LogP) is 2.98. The summed E-state index contributed by atoms with van der Waals surface area (Å²) in [4.78, 5) is 12.1. The SMILES string of the molecule is COCCc1ccc(Oc2ccc(NC(=O)CC3COCCN3)cc2)cc1. The van der Waals surface area contributed by atoms with E-state index in [2.05, 4.69) is 10.6 Å². The van der Waals surface area contributed by atoms with Gasteiger partial charge in [-0.15, -0.1) is 0 Å². The Morgan fingerprint density at radius 1 is 1.15 bits per heavy atom. The van der Waals surface area contributed by atoms with Gasteiger partial charge in [0.25, 0.3) is 0 Å². The van der Waals surface area contributed by atoms with E-state index in [1.54, 1.807) is 7.11 Å². The molecule has 6 heteroatoms. The van der Waals surface area contributed by atoms with Gasteiger partial charge < -0.3 is 24.8 Å². The molecule has 144 valence electrons. The Morgan fingerprint density at radius 2 is 1.85 bits per heavy atom. The van der Waals surface area contributed by atoms with Crippen LogP contribution in [-0.2, 0) is 20.7 Å². The molecule has 1 saturated heterocycles. The van der Waals surface area contributed by atoms with Crippen molar-refractivity contribution in [1.29, 1.82) is 0 Å². The smallest absolute Gasteiger partial charge is 0.226 e. The summed E-state index contributed by atoms with van der Waals surface area (Å²) < 4.78 is 16.3. The highest BCUT2D eigenvalue weighted by Crippen LogP contribution is 2.23. The maximum atomic E-state index is 12.1. The van der Waals surface area contributed by atoms with Gasteiger partial charge in [-0.25, -0.2) is 0 Å². The molecule has 1 amide bonds. The Hall–Kier alpha value is -2.41. The van der Waals surface area contributed by atoms with Crippen LogP contribution in [0.2, 0.25) is 0 Å². The lowest BCUT2D eigenvalue weighted by molar-refractivity contribution is -0.117. The highest BCUT2D eigenvalue weighted by atomic mass is 16.5. The van der Waals surface area contributed by atoms with Crippen LogP contribution in [0.15, 0.2) is 48.5 Å². The average Bonchev–Trinajstić information content (AvgIpc) is 2.70. The van der Waals surface area contributed by atoms with Gasteiger partial charge in [0.15, 0.2) is 0 Å². The summed E-state index contributed by atoms with van der Waals surface area (Å²) in [5, 5.41) is 6.18. The van der Waals surface area contributed by atoms with Crippen LogP contribution in [0, 0.1) is 0 Å². The van der Waals surface area contributed by atoms with Crippen molar-refractivity contribution in [2.45, 2.75) is 18.9 Å². The van der Waals surface area contributed by atoms with Crippen LogP contribution in [-0.4, -0.2) is 45.4 Å². The van der Waals surface area contributed by atoms with Crippen molar-refractivity contribution in [2.24, 2.45) is 0 Å².